The van der Waals surface area contributed by atoms with Crippen LogP contribution in [0.15, 0.2) is 24.4 Å². The number of rotatable bonds is 5. The van der Waals surface area contributed by atoms with Crippen LogP contribution in [0.1, 0.15) is 50.5 Å². The Balaban J connectivity index is 1.49. The van der Waals surface area contributed by atoms with Crippen LogP contribution in [0.25, 0.3) is 11.0 Å². The van der Waals surface area contributed by atoms with Crippen LogP contribution in [-0.4, -0.2) is 33.8 Å². The highest BCUT2D eigenvalue weighted by molar-refractivity contribution is 5.78. The van der Waals surface area contributed by atoms with Gasteiger partial charge >= 0.3 is 6.09 Å². The van der Waals surface area contributed by atoms with Gasteiger partial charge in [-0.25, -0.2) is 9.78 Å². The summed E-state index contributed by atoms with van der Waals surface area (Å²) < 4.78 is 5.27. The molecule has 2 N–H and O–H groups in total. The third-order valence-corrected chi connectivity index (χ3v) is 6.55. The van der Waals surface area contributed by atoms with Gasteiger partial charge in [-0.15, -0.1) is 0 Å². The van der Waals surface area contributed by atoms with E-state index in [0.29, 0.717) is 11.3 Å². The van der Waals surface area contributed by atoms with E-state index in [4.69, 9.17) is 9.84 Å². The summed E-state index contributed by atoms with van der Waals surface area (Å²) in [6.45, 7) is 0. The molecule has 0 atom stereocenters. The molecule has 3 fully saturated rings. The van der Waals surface area contributed by atoms with Crippen LogP contribution in [0.5, 0.6) is 5.88 Å². The first kappa shape index (κ1) is 17.1. The van der Waals surface area contributed by atoms with Crippen LogP contribution in [0, 0.1) is 5.41 Å². The maximum Gasteiger partial charge on any atom is 0.405 e. The number of nitrogens with one attached hydrogen (secondary N) is 1. The van der Waals surface area contributed by atoms with Crippen LogP contribution in [0.3, 0.4) is 0 Å². The summed E-state index contributed by atoms with van der Waals surface area (Å²) in [6.07, 6.45) is 9.25. The first-order valence-electron chi connectivity index (χ1n) is 9.33. The molecule has 2 bridgehead atoms. The van der Waals surface area contributed by atoms with E-state index in [1.54, 1.807) is 7.11 Å². The molecule has 0 unspecified atom stereocenters. The monoisotopic (exact) mass is 355 g/mol. The molecular formula is C20H25N3O3. The minimum absolute atomic E-state index is 0.175. The third-order valence-electron chi connectivity index (χ3n) is 6.55. The molecule has 2 heterocycles. The minimum Gasteiger partial charge on any atom is -0.481 e. The highest BCUT2D eigenvalue weighted by Crippen LogP contribution is 2.54. The van der Waals surface area contributed by atoms with E-state index >= 15 is 0 Å². The molecule has 1 amide bonds. The number of aromatic nitrogens is 2. The normalized spacial score (nSPS) is 27.4. The van der Waals surface area contributed by atoms with Gasteiger partial charge in [-0.2, -0.15) is 0 Å². The Morgan fingerprint density at radius 2 is 1.92 bits per heavy atom. The van der Waals surface area contributed by atoms with Gasteiger partial charge in [-0.05, 0) is 74.5 Å². The standard InChI is InChI=1S/C20H25N3O3/c1-26-16-3-2-15-17(22-16)14(5-13-21-15)4-6-19-7-10-20(11-8-19,12-9-19)23-18(24)25/h2-3,5,13,23H,4,6-12H2,1H3,(H,24,25). The Kier molecular flexibility index (Phi) is 4.21. The SMILES string of the molecule is COc1ccc2nccc(CCC34CCC(NC(=O)O)(CC3)CC4)c2n1. The average molecular weight is 355 g/mol. The topological polar surface area (TPSA) is 84.3 Å². The van der Waals surface area contributed by atoms with Gasteiger partial charge < -0.3 is 15.2 Å². The lowest BCUT2D eigenvalue weighted by Crippen LogP contribution is -2.56. The number of methoxy groups -OCH3 is 1. The summed E-state index contributed by atoms with van der Waals surface area (Å²) >= 11 is 0. The van der Waals surface area contributed by atoms with Crippen LogP contribution in [0.4, 0.5) is 4.79 Å². The van der Waals surface area contributed by atoms with E-state index in [-0.39, 0.29) is 5.54 Å². The predicted molar refractivity (Wildman–Crippen MR) is 98.4 cm³/mol. The maximum absolute atomic E-state index is 11.1. The van der Waals surface area contributed by atoms with E-state index in [1.807, 2.05) is 18.3 Å². The van der Waals surface area contributed by atoms with Gasteiger partial charge in [-0.1, -0.05) is 0 Å². The molecule has 6 heteroatoms. The van der Waals surface area contributed by atoms with Crippen molar-refractivity contribution in [1.29, 1.82) is 0 Å². The number of fused-ring (bicyclic) bond motifs is 4. The number of ether oxygens (including phenoxy) is 1. The lowest BCUT2D eigenvalue weighted by molar-refractivity contribution is 0.0189. The molecule has 0 saturated heterocycles. The molecule has 3 aliphatic carbocycles. The van der Waals surface area contributed by atoms with Gasteiger partial charge in [0, 0.05) is 17.8 Å². The summed E-state index contributed by atoms with van der Waals surface area (Å²) in [4.78, 5) is 20.1. The van der Waals surface area contributed by atoms with Crippen molar-refractivity contribution in [1.82, 2.24) is 15.3 Å². The van der Waals surface area contributed by atoms with Crippen molar-refractivity contribution in [2.45, 2.75) is 56.9 Å². The van der Waals surface area contributed by atoms with Crippen LogP contribution in [-0.2, 0) is 6.42 Å². The smallest absolute Gasteiger partial charge is 0.405 e. The summed E-state index contributed by atoms with van der Waals surface area (Å²) in [5, 5.41) is 11.9. The van der Waals surface area contributed by atoms with Crippen molar-refractivity contribution in [3.05, 3.63) is 30.0 Å². The average Bonchev–Trinajstić information content (AvgIpc) is 2.67. The number of aryl methyl sites for hydroxylation is 1. The van der Waals surface area contributed by atoms with Crippen molar-refractivity contribution in [2.24, 2.45) is 5.41 Å². The number of hydrogen-bond donors (Lipinski definition) is 2. The fourth-order valence-corrected chi connectivity index (χ4v) is 4.83. The van der Waals surface area contributed by atoms with Crippen molar-refractivity contribution in [3.63, 3.8) is 0 Å². The Morgan fingerprint density at radius 1 is 1.19 bits per heavy atom. The summed E-state index contributed by atoms with van der Waals surface area (Å²) in [5.41, 5.74) is 3.21. The van der Waals surface area contributed by atoms with Gasteiger partial charge in [0.05, 0.1) is 18.1 Å². The molecule has 3 aliphatic rings. The zero-order chi connectivity index (χ0) is 18.2. The van der Waals surface area contributed by atoms with Crippen molar-refractivity contribution >= 4 is 17.1 Å². The number of hydrogen-bond acceptors (Lipinski definition) is 4. The Morgan fingerprint density at radius 3 is 2.58 bits per heavy atom. The fraction of sp³-hybridized carbons (Fsp3) is 0.550. The zero-order valence-electron chi connectivity index (χ0n) is 15.1. The van der Waals surface area contributed by atoms with Crippen LogP contribution in [0.2, 0.25) is 0 Å². The summed E-state index contributed by atoms with van der Waals surface area (Å²) in [6, 6.07) is 5.86. The third kappa shape index (κ3) is 3.08. The molecule has 2 aromatic heterocycles. The van der Waals surface area contributed by atoms with Gasteiger partial charge in [-0.3, -0.25) is 4.98 Å². The molecule has 0 aromatic carbocycles. The highest BCUT2D eigenvalue weighted by Gasteiger charge is 2.48. The van der Waals surface area contributed by atoms with Crippen LogP contribution >= 0.6 is 0 Å². The molecule has 0 radical (unpaired) electrons. The van der Waals surface area contributed by atoms with Crippen molar-refractivity contribution < 1.29 is 14.6 Å². The number of carbonyl (C=O) groups is 1. The fourth-order valence-electron chi connectivity index (χ4n) is 4.83. The number of carboxylic acid groups (broad SMARTS) is 1. The predicted octanol–water partition coefficient (Wildman–Crippen LogP) is 3.93. The van der Waals surface area contributed by atoms with E-state index in [1.165, 1.54) is 5.56 Å². The number of nitrogens with zero attached hydrogens (tertiary/aromatic N) is 2. The Labute approximate surface area is 153 Å². The lowest BCUT2D eigenvalue weighted by Gasteiger charge is -2.53. The Bertz CT molecular complexity index is 812. The molecule has 0 aliphatic heterocycles. The molecule has 0 spiro atoms. The quantitative estimate of drug-likeness (QED) is 0.849. The first-order valence-corrected chi connectivity index (χ1v) is 9.33. The number of pyridine rings is 2. The van der Waals surface area contributed by atoms with Gasteiger partial charge in [0.2, 0.25) is 5.88 Å². The van der Waals surface area contributed by atoms with E-state index in [9.17, 15) is 4.79 Å². The Hall–Kier alpha value is -2.37. The first-order chi connectivity index (χ1) is 12.5. The van der Waals surface area contributed by atoms with Crippen LogP contribution < -0.4 is 10.1 Å². The second-order valence-electron chi connectivity index (χ2n) is 7.90. The van der Waals surface area contributed by atoms with E-state index in [0.717, 1.165) is 62.4 Å². The summed E-state index contributed by atoms with van der Waals surface area (Å²) in [5.74, 6) is 0.616. The minimum atomic E-state index is -0.886. The second-order valence-corrected chi connectivity index (χ2v) is 7.90. The molecule has 2 aromatic rings. The maximum atomic E-state index is 11.1. The highest BCUT2D eigenvalue weighted by atomic mass is 16.5. The van der Waals surface area contributed by atoms with Gasteiger partial charge in [0.25, 0.3) is 0 Å². The molecule has 138 valence electrons. The molecule has 5 rings (SSSR count). The zero-order valence-corrected chi connectivity index (χ0v) is 15.1. The van der Waals surface area contributed by atoms with Gasteiger partial charge in [0.15, 0.2) is 0 Å². The molecule has 3 saturated carbocycles. The van der Waals surface area contributed by atoms with Crippen molar-refractivity contribution in [3.8, 4) is 5.88 Å². The largest absolute Gasteiger partial charge is 0.481 e. The lowest BCUT2D eigenvalue weighted by atomic mass is 9.56. The second kappa shape index (κ2) is 6.41. The van der Waals surface area contributed by atoms with E-state index < -0.39 is 6.09 Å². The van der Waals surface area contributed by atoms with Crippen molar-refractivity contribution in [2.75, 3.05) is 7.11 Å². The molecule has 6 nitrogen and oxygen atoms in total. The summed E-state index contributed by atoms with van der Waals surface area (Å²) in [7, 11) is 1.63. The molecule has 26 heavy (non-hydrogen) atoms. The van der Waals surface area contributed by atoms with E-state index in [2.05, 4.69) is 21.4 Å². The van der Waals surface area contributed by atoms with Gasteiger partial charge in [0.1, 0.15) is 0 Å². The molecular weight excluding hydrogens is 330 g/mol. The number of amides is 1.